The first kappa shape index (κ1) is 19.0. The molecule has 0 aromatic heterocycles. The highest BCUT2D eigenvalue weighted by Gasteiger charge is 2.28. The quantitative estimate of drug-likeness (QED) is 0.833. The van der Waals surface area contributed by atoms with Crippen LogP contribution in [0.15, 0.2) is 47.4 Å². The van der Waals surface area contributed by atoms with E-state index in [2.05, 4.69) is 5.32 Å². The van der Waals surface area contributed by atoms with Gasteiger partial charge in [0.05, 0.1) is 7.11 Å². The molecule has 2 aromatic carbocycles. The molecule has 3 rings (SSSR count). The second-order valence-corrected chi connectivity index (χ2v) is 8.13. The lowest BCUT2D eigenvalue weighted by atomic mass is 10.2. The maximum atomic E-state index is 12.5. The van der Waals surface area contributed by atoms with E-state index in [9.17, 15) is 13.2 Å². The van der Waals surface area contributed by atoms with E-state index in [1.807, 2.05) is 6.07 Å². The molecule has 0 fully saturated rings. The molecule has 1 amide bonds. The maximum Gasteiger partial charge on any atom is 0.269 e. The summed E-state index contributed by atoms with van der Waals surface area (Å²) in [7, 11) is 0.483. The summed E-state index contributed by atoms with van der Waals surface area (Å²) in [4.78, 5) is 12.5. The van der Waals surface area contributed by atoms with Crippen molar-refractivity contribution in [3.63, 3.8) is 0 Å². The van der Waals surface area contributed by atoms with Crippen molar-refractivity contribution >= 4 is 21.6 Å². The van der Waals surface area contributed by atoms with Crippen molar-refractivity contribution in [2.75, 3.05) is 33.1 Å². The van der Waals surface area contributed by atoms with Crippen LogP contribution >= 0.6 is 0 Å². The molecule has 0 saturated carbocycles. The van der Waals surface area contributed by atoms with Gasteiger partial charge in [0.1, 0.15) is 17.3 Å². The number of hydrogen-bond donors (Lipinski definition) is 1. The molecule has 0 spiro atoms. The number of hydrogen-bond acceptors (Lipinski definition) is 6. The van der Waals surface area contributed by atoms with Gasteiger partial charge in [-0.15, -0.1) is 0 Å². The maximum absolute atomic E-state index is 12.5. The summed E-state index contributed by atoms with van der Waals surface area (Å²) in [5.41, 5.74) is 0.309. The lowest BCUT2D eigenvalue weighted by Gasteiger charge is -2.25. The lowest BCUT2D eigenvalue weighted by Crippen LogP contribution is -2.40. The Morgan fingerprint density at radius 2 is 1.89 bits per heavy atom. The Hall–Kier alpha value is -2.78. The van der Waals surface area contributed by atoms with E-state index in [-0.39, 0.29) is 17.3 Å². The topological polar surface area (TPSA) is 94.2 Å². The Morgan fingerprint density at radius 3 is 2.56 bits per heavy atom. The molecule has 0 unspecified atom stereocenters. The number of methoxy groups -OCH3 is 1. The van der Waals surface area contributed by atoms with Crippen LogP contribution in [0.4, 0.5) is 5.69 Å². The van der Waals surface area contributed by atoms with Crippen molar-refractivity contribution in [2.24, 2.45) is 0 Å². The molecule has 1 heterocycles. The van der Waals surface area contributed by atoms with E-state index in [0.29, 0.717) is 17.2 Å². The number of carbonyl (C=O) groups is 1. The number of para-hydroxylation sites is 2. The fraction of sp³-hybridized carbons (Fsp3) is 0.278. The molecular formula is C18H20N2O6S. The van der Waals surface area contributed by atoms with Crippen LogP contribution in [0.2, 0.25) is 0 Å². The highest BCUT2D eigenvalue weighted by molar-refractivity contribution is 7.89. The molecule has 9 heteroatoms. The van der Waals surface area contributed by atoms with Crippen LogP contribution in [-0.4, -0.2) is 52.5 Å². The zero-order valence-corrected chi connectivity index (χ0v) is 15.9. The van der Waals surface area contributed by atoms with Crippen LogP contribution in [0.5, 0.6) is 17.2 Å². The second kappa shape index (κ2) is 7.45. The minimum atomic E-state index is -3.74. The summed E-state index contributed by atoms with van der Waals surface area (Å²) in [5.74, 6) is 0.801. The van der Waals surface area contributed by atoms with Crippen LogP contribution in [0.25, 0.3) is 0 Å². The third-order valence-electron chi connectivity index (χ3n) is 3.99. The number of sulfonamides is 1. The normalized spacial score (nSPS) is 16.1. The number of ether oxygens (including phenoxy) is 3. The summed E-state index contributed by atoms with van der Waals surface area (Å²) in [6.07, 6.45) is -0.851. The third kappa shape index (κ3) is 3.83. The standard InChI is InChI=1S/C18H20N2O6S/c1-20(2)27(22,23)17-10-12(8-9-15(17)24-3)19-18(21)16-11-25-13-6-4-5-7-14(13)26-16/h4-10,16H,11H2,1-3H3,(H,19,21)/t16-/m1/s1. The molecule has 0 bridgehead atoms. The van der Waals surface area contributed by atoms with Gasteiger partial charge in [0.25, 0.3) is 5.91 Å². The molecule has 0 radical (unpaired) electrons. The highest BCUT2D eigenvalue weighted by atomic mass is 32.2. The number of anilines is 1. The monoisotopic (exact) mass is 392 g/mol. The Morgan fingerprint density at radius 1 is 1.19 bits per heavy atom. The molecule has 1 N–H and O–H groups in total. The Bertz CT molecular complexity index is 958. The van der Waals surface area contributed by atoms with Gasteiger partial charge in [-0.1, -0.05) is 12.1 Å². The molecule has 0 saturated heterocycles. The van der Waals surface area contributed by atoms with E-state index in [4.69, 9.17) is 14.2 Å². The first-order valence-corrected chi connectivity index (χ1v) is 9.57. The number of amides is 1. The third-order valence-corrected chi connectivity index (χ3v) is 5.83. The summed E-state index contributed by atoms with van der Waals surface area (Å²) in [5, 5.41) is 2.66. The van der Waals surface area contributed by atoms with Crippen molar-refractivity contribution in [3.05, 3.63) is 42.5 Å². The van der Waals surface area contributed by atoms with E-state index in [0.717, 1.165) is 4.31 Å². The van der Waals surface area contributed by atoms with Crippen LogP contribution in [-0.2, 0) is 14.8 Å². The molecule has 27 heavy (non-hydrogen) atoms. The van der Waals surface area contributed by atoms with Crippen LogP contribution in [0.3, 0.4) is 0 Å². The Kier molecular flexibility index (Phi) is 5.24. The average Bonchev–Trinajstić information content (AvgIpc) is 2.67. The molecule has 1 atom stereocenters. The second-order valence-electron chi connectivity index (χ2n) is 6.01. The van der Waals surface area contributed by atoms with Gasteiger partial charge in [-0.25, -0.2) is 12.7 Å². The van der Waals surface area contributed by atoms with E-state index in [1.54, 1.807) is 24.3 Å². The number of benzene rings is 2. The van der Waals surface area contributed by atoms with Crippen LogP contribution in [0.1, 0.15) is 0 Å². The smallest absolute Gasteiger partial charge is 0.269 e. The molecule has 0 aliphatic carbocycles. The number of rotatable bonds is 5. The predicted octanol–water partition coefficient (Wildman–Crippen LogP) is 1.72. The molecule has 8 nitrogen and oxygen atoms in total. The predicted molar refractivity (Wildman–Crippen MR) is 98.8 cm³/mol. The van der Waals surface area contributed by atoms with Crippen molar-refractivity contribution in [2.45, 2.75) is 11.0 Å². The van der Waals surface area contributed by atoms with Gasteiger partial charge in [0.2, 0.25) is 16.1 Å². The zero-order valence-electron chi connectivity index (χ0n) is 15.1. The van der Waals surface area contributed by atoms with Gasteiger partial charge in [-0.2, -0.15) is 0 Å². The van der Waals surface area contributed by atoms with Gasteiger partial charge in [-0.05, 0) is 30.3 Å². The number of nitrogens with one attached hydrogen (secondary N) is 1. The van der Waals surface area contributed by atoms with E-state index < -0.39 is 22.0 Å². The summed E-state index contributed by atoms with van der Waals surface area (Å²) >= 11 is 0. The first-order chi connectivity index (χ1) is 12.8. The summed E-state index contributed by atoms with van der Waals surface area (Å²) in [6, 6.07) is 11.5. The fourth-order valence-corrected chi connectivity index (χ4v) is 3.60. The van der Waals surface area contributed by atoms with Crippen LogP contribution < -0.4 is 19.5 Å². The van der Waals surface area contributed by atoms with Crippen molar-refractivity contribution in [3.8, 4) is 17.2 Å². The Labute approximate surface area is 157 Å². The van der Waals surface area contributed by atoms with Crippen molar-refractivity contribution in [1.82, 2.24) is 4.31 Å². The van der Waals surface area contributed by atoms with Gasteiger partial charge in [0.15, 0.2) is 11.5 Å². The van der Waals surface area contributed by atoms with Crippen LogP contribution in [0, 0.1) is 0 Å². The molecule has 2 aromatic rings. The van der Waals surface area contributed by atoms with Gasteiger partial charge in [-0.3, -0.25) is 4.79 Å². The minimum absolute atomic E-state index is 0.0426. The van der Waals surface area contributed by atoms with Crippen molar-refractivity contribution < 1.29 is 27.4 Å². The lowest BCUT2D eigenvalue weighted by molar-refractivity contribution is -0.125. The van der Waals surface area contributed by atoms with Gasteiger partial charge >= 0.3 is 0 Å². The average molecular weight is 392 g/mol. The zero-order chi connectivity index (χ0) is 19.6. The molecular weight excluding hydrogens is 372 g/mol. The number of nitrogens with zero attached hydrogens (tertiary/aromatic N) is 1. The van der Waals surface area contributed by atoms with E-state index >= 15 is 0 Å². The van der Waals surface area contributed by atoms with Gasteiger partial charge in [0, 0.05) is 19.8 Å². The largest absolute Gasteiger partial charge is 0.495 e. The van der Waals surface area contributed by atoms with Crippen molar-refractivity contribution in [1.29, 1.82) is 0 Å². The molecule has 144 valence electrons. The minimum Gasteiger partial charge on any atom is -0.495 e. The molecule has 1 aliphatic rings. The summed E-state index contributed by atoms with van der Waals surface area (Å²) in [6.45, 7) is 0.0574. The number of fused-ring (bicyclic) bond motifs is 1. The van der Waals surface area contributed by atoms with Gasteiger partial charge < -0.3 is 19.5 Å². The highest BCUT2D eigenvalue weighted by Crippen LogP contribution is 2.32. The Balaban J connectivity index is 1.81. The summed E-state index contributed by atoms with van der Waals surface area (Å²) < 4.78 is 42.4. The first-order valence-electron chi connectivity index (χ1n) is 8.13. The number of carbonyl (C=O) groups excluding carboxylic acids is 1. The van der Waals surface area contributed by atoms with E-state index in [1.165, 1.54) is 33.3 Å². The SMILES string of the molecule is COc1ccc(NC(=O)[C@H]2COc3ccccc3O2)cc1S(=O)(=O)N(C)C. The fourth-order valence-electron chi connectivity index (χ4n) is 2.52. The molecule has 1 aliphatic heterocycles.